The normalized spacial score (nSPS) is 21.9. The summed E-state index contributed by atoms with van der Waals surface area (Å²) >= 11 is 0. The van der Waals surface area contributed by atoms with Gasteiger partial charge in [-0.05, 0) is 49.4 Å². The topological polar surface area (TPSA) is 130 Å². The van der Waals surface area contributed by atoms with Gasteiger partial charge < -0.3 is 25.6 Å². The first kappa shape index (κ1) is 31.1. The minimum atomic E-state index is -4.65. The average molecular weight is 602 g/mol. The molecule has 0 bridgehead atoms. The zero-order valence-corrected chi connectivity index (χ0v) is 23.0. The molecule has 4 rings (SSSR count). The van der Waals surface area contributed by atoms with E-state index in [4.69, 9.17) is 4.74 Å². The van der Waals surface area contributed by atoms with Crippen LogP contribution in [0.1, 0.15) is 54.7 Å². The van der Waals surface area contributed by atoms with E-state index in [0.717, 1.165) is 4.90 Å². The summed E-state index contributed by atoms with van der Waals surface area (Å²) < 4.78 is 75.0. The number of urea groups is 1. The number of aromatic nitrogens is 3. The van der Waals surface area contributed by atoms with Gasteiger partial charge in [-0.2, -0.15) is 18.3 Å². The number of methoxy groups -OCH3 is 1. The minimum Gasteiger partial charge on any atom is -0.382 e. The fourth-order valence-corrected chi connectivity index (χ4v) is 5.35. The monoisotopic (exact) mass is 601 g/mol. The molecule has 1 aliphatic heterocycles. The van der Waals surface area contributed by atoms with Crippen molar-refractivity contribution in [3.05, 3.63) is 41.9 Å². The SMILES string of the molecule is CCn1nccc1C(=O)N[C@H](C(=O)Nc1cc([C@@H](COC)N2C[C@@H](C(F)(F)F)NC2=O)ccn1)[C@H]1CCCC(F)(F)C1. The molecule has 3 heterocycles. The second kappa shape index (κ2) is 12.6. The second-order valence-corrected chi connectivity index (χ2v) is 10.3. The van der Waals surface area contributed by atoms with E-state index < -0.39 is 67.0 Å². The number of carbonyl (C=O) groups excluding carboxylic acids is 3. The third kappa shape index (κ3) is 7.14. The zero-order chi connectivity index (χ0) is 30.7. The summed E-state index contributed by atoms with van der Waals surface area (Å²) in [6, 6.07) is -1.04. The van der Waals surface area contributed by atoms with E-state index in [2.05, 4.69) is 20.7 Å². The fourth-order valence-electron chi connectivity index (χ4n) is 5.35. The highest BCUT2D eigenvalue weighted by Gasteiger charge is 2.48. The van der Waals surface area contributed by atoms with Crippen molar-refractivity contribution in [2.24, 2.45) is 5.92 Å². The van der Waals surface area contributed by atoms with Gasteiger partial charge in [-0.1, -0.05) is 0 Å². The van der Waals surface area contributed by atoms with E-state index in [1.807, 2.05) is 5.32 Å². The lowest BCUT2D eigenvalue weighted by molar-refractivity contribution is -0.150. The number of anilines is 1. The van der Waals surface area contributed by atoms with Crippen molar-refractivity contribution in [1.29, 1.82) is 0 Å². The highest BCUT2D eigenvalue weighted by Crippen LogP contribution is 2.38. The Hall–Kier alpha value is -3.82. The Kier molecular flexibility index (Phi) is 9.33. The first-order chi connectivity index (χ1) is 19.8. The molecule has 2 aromatic rings. The van der Waals surface area contributed by atoms with Crippen molar-refractivity contribution in [3.8, 4) is 0 Å². The van der Waals surface area contributed by atoms with E-state index in [0.29, 0.717) is 12.1 Å². The Labute approximate surface area is 238 Å². The summed E-state index contributed by atoms with van der Waals surface area (Å²) in [4.78, 5) is 44.0. The fraction of sp³-hybridized carbons (Fsp3) is 0.577. The number of halogens is 5. The first-order valence-corrected chi connectivity index (χ1v) is 13.4. The molecular weight excluding hydrogens is 569 g/mol. The van der Waals surface area contributed by atoms with Crippen LogP contribution in [-0.4, -0.2) is 82.0 Å². The van der Waals surface area contributed by atoms with Crippen LogP contribution in [0.4, 0.5) is 32.6 Å². The molecule has 2 fully saturated rings. The van der Waals surface area contributed by atoms with Gasteiger partial charge in [-0.3, -0.25) is 14.3 Å². The van der Waals surface area contributed by atoms with Crippen molar-refractivity contribution >= 4 is 23.7 Å². The van der Waals surface area contributed by atoms with Crippen molar-refractivity contribution in [2.75, 3.05) is 25.6 Å². The maximum Gasteiger partial charge on any atom is 0.410 e. The van der Waals surface area contributed by atoms with Crippen LogP contribution >= 0.6 is 0 Å². The molecule has 0 radical (unpaired) electrons. The molecule has 230 valence electrons. The molecule has 0 aromatic carbocycles. The predicted molar refractivity (Wildman–Crippen MR) is 139 cm³/mol. The lowest BCUT2D eigenvalue weighted by Crippen LogP contribution is -2.51. The molecule has 3 N–H and O–H groups in total. The van der Waals surface area contributed by atoms with Crippen LogP contribution in [0.5, 0.6) is 0 Å². The first-order valence-electron chi connectivity index (χ1n) is 13.4. The number of nitrogens with zero attached hydrogens (tertiary/aromatic N) is 4. The van der Waals surface area contributed by atoms with E-state index in [1.54, 1.807) is 6.92 Å². The third-order valence-corrected chi connectivity index (χ3v) is 7.42. The van der Waals surface area contributed by atoms with Crippen LogP contribution in [0.15, 0.2) is 30.6 Å². The number of hydrogen-bond acceptors (Lipinski definition) is 6. The Morgan fingerprint density at radius 2 is 2.02 bits per heavy atom. The van der Waals surface area contributed by atoms with Crippen molar-refractivity contribution in [1.82, 2.24) is 30.3 Å². The standard InChI is InChI=1S/C26H32F5N7O4/c1-3-38-17(7-10-33-38)22(39)36-21(16-5-4-8-25(27,28)12-16)23(40)35-20-11-15(6-9-32-20)18(14-42-2)37-13-19(26(29,30)31)34-24(37)41/h6-7,9-11,16,18-19,21H,3-5,8,12-14H2,1-2H3,(H,34,41)(H,36,39)(H,32,35,40)/t16-,18+,19-,21-/m0/s1. The molecule has 4 atom stereocenters. The lowest BCUT2D eigenvalue weighted by Gasteiger charge is -2.34. The summed E-state index contributed by atoms with van der Waals surface area (Å²) in [5.41, 5.74) is 0.471. The zero-order valence-electron chi connectivity index (χ0n) is 23.0. The quantitative estimate of drug-likeness (QED) is 0.358. The predicted octanol–water partition coefficient (Wildman–Crippen LogP) is 3.50. The number of pyridine rings is 1. The van der Waals surface area contributed by atoms with E-state index >= 15 is 0 Å². The Balaban J connectivity index is 1.56. The average Bonchev–Trinajstić information content (AvgIpc) is 3.56. The van der Waals surface area contributed by atoms with Gasteiger partial charge in [0.25, 0.3) is 5.91 Å². The number of carbonyl (C=O) groups is 3. The number of nitrogens with one attached hydrogen (secondary N) is 3. The summed E-state index contributed by atoms with van der Waals surface area (Å²) in [7, 11) is 1.32. The molecule has 42 heavy (non-hydrogen) atoms. The molecule has 11 nitrogen and oxygen atoms in total. The summed E-state index contributed by atoms with van der Waals surface area (Å²) in [5.74, 6) is -5.39. The maximum absolute atomic E-state index is 14.3. The van der Waals surface area contributed by atoms with Crippen LogP contribution in [-0.2, 0) is 16.1 Å². The van der Waals surface area contributed by atoms with Gasteiger partial charge in [0.15, 0.2) is 0 Å². The van der Waals surface area contributed by atoms with Crippen molar-refractivity contribution in [3.63, 3.8) is 0 Å². The lowest BCUT2D eigenvalue weighted by atomic mass is 9.81. The van der Waals surface area contributed by atoms with Gasteiger partial charge in [-0.15, -0.1) is 0 Å². The molecule has 1 aliphatic carbocycles. The highest BCUT2D eigenvalue weighted by molar-refractivity contribution is 6.00. The number of ether oxygens (including phenoxy) is 1. The minimum absolute atomic E-state index is 0.0500. The number of alkyl halides is 5. The van der Waals surface area contributed by atoms with Gasteiger partial charge >= 0.3 is 12.2 Å². The van der Waals surface area contributed by atoms with Crippen LogP contribution in [0.3, 0.4) is 0 Å². The molecule has 2 aliphatic rings. The molecule has 16 heteroatoms. The van der Waals surface area contributed by atoms with Crippen molar-refractivity contribution < 1.29 is 41.1 Å². The highest BCUT2D eigenvalue weighted by atomic mass is 19.4. The van der Waals surface area contributed by atoms with Crippen LogP contribution in [0.2, 0.25) is 0 Å². The summed E-state index contributed by atoms with van der Waals surface area (Å²) in [5, 5.41) is 11.1. The Bertz CT molecular complexity index is 1290. The van der Waals surface area contributed by atoms with Gasteiger partial charge in [0.05, 0.1) is 19.2 Å². The Morgan fingerprint density at radius 1 is 1.26 bits per heavy atom. The van der Waals surface area contributed by atoms with Crippen molar-refractivity contribution in [2.45, 2.75) is 69.4 Å². The van der Waals surface area contributed by atoms with Gasteiger partial charge in [-0.25, -0.2) is 18.6 Å². The molecule has 4 amide bonds. The third-order valence-electron chi connectivity index (χ3n) is 7.42. The molecule has 2 aromatic heterocycles. The second-order valence-electron chi connectivity index (χ2n) is 10.3. The Morgan fingerprint density at radius 3 is 2.67 bits per heavy atom. The smallest absolute Gasteiger partial charge is 0.382 e. The van der Waals surface area contributed by atoms with E-state index in [-0.39, 0.29) is 37.4 Å². The molecule has 0 unspecified atom stereocenters. The number of rotatable bonds is 10. The van der Waals surface area contributed by atoms with Crippen LogP contribution in [0, 0.1) is 5.92 Å². The molecular formula is C26H32F5N7O4. The molecule has 1 saturated carbocycles. The number of amides is 4. The van der Waals surface area contributed by atoms with Gasteiger partial charge in [0, 0.05) is 38.9 Å². The van der Waals surface area contributed by atoms with E-state index in [9.17, 15) is 36.3 Å². The van der Waals surface area contributed by atoms with Crippen LogP contribution in [0.25, 0.3) is 0 Å². The largest absolute Gasteiger partial charge is 0.410 e. The molecule has 0 spiro atoms. The van der Waals surface area contributed by atoms with Gasteiger partial charge in [0.2, 0.25) is 11.8 Å². The van der Waals surface area contributed by atoms with Gasteiger partial charge in [0.1, 0.15) is 23.6 Å². The van der Waals surface area contributed by atoms with Crippen LogP contribution < -0.4 is 16.0 Å². The summed E-state index contributed by atoms with van der Waals surface area (Å²) in [6.07, 6.45) is -2.45. The molecule has 1 saturated heterocycles. The number of hydrogen-bond donors (Lipinski definition) is 3. The van der Waals surface area contributed by atoms with E-state index in [1.165, 1.54) is 42.4 Å². The summed E-state index contributed by atoms with van der Waals surface area (Å²) in [6.45, 7) is 1.32. The maximum atomic E-state index is 14.3. The number of aryl methyl sites for hydroxylation is 1.